The summed E-state index contributed by atoms with van der Waals surface area (Å²) in [5, 5.41) is 0. The molecule has 0 bridgehead atoms. The maximum Gasteiger partial charge on any atom is 0.0402 e. The zero-order chi connectivity index (χ0) is 9.97. The van der Waals surface area contributed by atoms with Crippen molar-refractivity contribution in [3.63, 3.8) is 0 Å². The zero-order valence-electron chi connectivity index (χ0n) is 8.53. The molecular formula is C13H15N. The Morgan fingerprint density at radius 3 is 3.07 bits per heavy atom. The predicted octanol–water partition coefficient (Wildman–Crippen LogP) is 2.46. The fraction of sp³-hybridized carbons (Fsp3) is 0.385. The molecule has 1 heteroatoms. The van der Waals surface area contributed by atoms with Crippen LogP contribution in [0.25, 0.3) is 0 Å². The number of para-hydroxylation sites is 1. The maximum absolute atomic E-state index is 5.30. The van der Waals surface area contributed by atoms with E-state index in [1.807, 2.05) is 0 Å². The molecule has 1 atom stereocenters. The van der Waals surface area contributed by atoms with E-state index >= 15 is 0 Å². The second-order valence-corrected chi connectivity index (χ2v) is 3.83. The van der Waals surface area contributed by atoms with Gasteiger partial charge in [0.2, 0.25) is 0 Å². The van der Waals surface area contributed by atoms with Gasteiger partial charge in [0.05, 0.1) is 0 Å². The smallest absolute Gasteiger partial charge is 0.0402 e. The molecule has 1 unspecified atom stereocenters. The van der Waals surface area contributed by atoms with Crippen LogP contribution in [0.2, 0.25) is 0 Å². The van der Waals surface area contributed by atoms with E-state index < -0.39 is 0 Å². The van der Waals surface area contributed by atoms with Crippen molar-refractivity contribution in [2.75, 3.05) is 11.4 Å². The third-order valence-corrected chi connectivity index (χ3v) is 2.85. The van der Waals surface area contributed by atoms with Crippen molar-refractivity contribution in [3.05, 3.63) is 29.8 Å². The summed E-state index contributed by atoms with van der Waals surface area (Å²) in [7, 11) is 0. The van der Waals surface area contributed by atoms with Crippen molar-refractivity contribution in [1.29, 1.82) is 0 Å². The maximum atomic E-state index is 5.30. The largest absolute Gasteiger partial charge is 0.367 e. The summed E-state index contributed by atoms with van der Waals surface area (Å²) in [6.07, 6.45) is 7.28. The van der Waals surface area contributed by atoms with E-state index in [2.05, 4.69) is 42.0 Å². The van der Waals surface area contributed by atoms with E-state index in [1.165, 1.54) is 11.3 Å². The molecule has 72 valence electrons. The van der Waals surface area contributed by atoms with Crippen molar-refractivity contribution in [2.24, 2.45) is 0 Å². The van der Waals surface area contributed by atoms with Crippen LogP contribution < -0.4 is 4.90 Å². The molecule has 1 aromatic rings. The Balaban J connectivity index is 2.22. The fourth-order valence-electron chi connectivity index (χ4n) is 2.16. The highest BCUT2D eigenvalue weighted by atomic mass is 15.2. The fourth-order valence-corrected chi connectivity index (χ4v) is 2.16. The van der Waals surface area contributed by atoms with Gasteiger partial charge in [0, 0.05) is 24.7 Å². The van der Waals surface area contributed by atoms with Crippen molar-refractivity contribution in [3.8, 4) is 12.3 Å². The second-order valence-electron chi connectivity index (χ2n) is 3.83. The minimum absolute atomic E-state index is 0.598. The van der Waals surface area contributed by atoms with Crippen molar-refractivity contribution >= 4 is 5.69 Å². The molecule has 2 rings (SSSR count). The second kappa shape index (κ2) is 3.75. The number of fused-ring (bicyclic) bond motifs is 1. The van der Waals surface area contributed by atoms with Crippen LogP contribution in [0.3, 0.4) is 0 Å². The normalized spacial score (nSPS) is 19.1. The van der Waals surface area contributed by atoms with Gasteiger partial charge in [-0.25, -0.2) is 0 Å². The topological polar surface area (TPSA) is 3.24 Å². The predicted molar refractivity (Wildman–Crippen MR) is 60.4 cm³/mol. The minimum atomic E-state index is 0.598. The van der Waals surface area contributed by atoms with Crippen molar-refractivity contribution < 1.29 is 0 Å². The van der Waals surface area contributed by atoms with Crippen molar-refractivity contribution in [2.45, 2.75) is 25.8 Å². The molecule has 1 aromatic carbocycles. The van der Waals surface area contributed by atoms with Gasteiger partial charge in [-0.15, -0.1) is 12.3 Å². The summed E-state index contributed by atoms with van der Waals surface area (Å²) in [4.78, 5) is 2.41. The van der Waals surface area contributed by atoms with Gasteiger partial charge in [-0.2, -0.15) is 0 Å². The highest BCUT2D eigenvalue weighted by Crippen LogP contribution is 2.31. The molecule has 0 spiro atoms. The van der Waals surface area contributed by atoms with Gasteiger partial charge >= 0.3 is 0 Å². The highest BCUT2D eigenvalue weighted by molar-refractivity contribution is 5.59. The molecule has 0 saturated heterocycles. The lowest BCUT2D eigenvalue weighted by molar-refractivity contribution is 0.677. The van der Waals surface area contributed by atoms with Gasteiger partial charge in [-0.05, 0) is 25.0 Å². The molecule has 0 aromatic heterocycles. The van der Waals surface area contributed by atoms with Crippen LogP contribution in [0.15, 0.2) is 24.3 Å². The number of benzene rings is 1. The Bertz CT molecular complexity index is 362. The minimum Gasteiger partial charge on any atom is -0.367 e. The van der Waals surface area contributed by atoms with Gasteiger partial charge < -0.3 is 4.90 Å². The number of anilines is 1. The Morgan fingerprint density at radius 1 is 1.50 bits per heavy atom. The summed E-state index contributed by atoms with van der Waals surface area (Å²) in [6.45, 7) is 3.24. The van der Waals surface area contributed by atoms with Gasteiger partial charge in [-0.1, -0.05) is 18.2 Å². The number of nitrogens with zero attached hydrogens (tertiary/aromatic N) is 1. The molecule has 1 aliphatic rings. The number of hydrogen-bond donors (Lipinski definition) is 0. The van der Waals surface area contributed by atoms with E-state index in [4.69, 9.17) is 6.42 Å². The van der Waals surface area contributed by atoms with Gasteiger partial charge in [-0.3, -0.25) is 0 Å². The molecule has 0 N–H and O–H groups in total. The Kier molecular flexibility index (Phi) is 2.45. The van der Waals surface area contributed by atoms with E-state index in [0.717, 1.165) is 19.4 Å². The molecule has 0 saturated carbocycles. The summed E-state index contributed by atoms with van der Waals surface area (Å²) in [5.41, 5.74) is 2.83. The Hall–Kier alpha value is -1.42. The molecule has 0 aliphatic carbocycles. The van der Waals surface area contributed by atoms with E-state index in [9.17, 15) is 0 Å². The van der Waals surface area contributed by atoms with Crippen LogP contribution in [0.1, 0.15) is 18.9 Å². The number of terminal acetylenes is 1. The zero-order valence-corrected chi connectivity index (χ0v) is 8.53. The molecular weight excluding hydrogens is 170 g/mol. The molecule has 1 nitrogen and oxygen atoms in total. The standard InChI is InChI=1S/C13H15N/c1-3-4-9-14-11(2)10-12-7-5-6-8-13(12)14/h1,5-8,11H,4,9-10H2,2H3. The molecule has 0 radical (unpaired) electrons. The third-order valence-electron chi connectivity index (χ3n) is 2.85. The first kappa shape index (κ1) is 9.15. The van der Waals surface area contributed by atoms with Crippen LogP contribution in [0, 0.1) is 12.3 Å². The summed E-state index contributed by atoms with van der Waals surface area (Å²) >= 11 is 0. The first-order chi connectivity index (χ1) is 6.83. The van der Waals surface area contributed by atoms with E-state index in [-0.39, 0.29) is 0 Å². The molecule has 0 amide bonds. The van der Waals surface area contributed by atoms with Crippen molar-refractivity contribution in [1.82, 2.24) is 0 Å². The first-order valence-corrected chi connectivity index (χ1v) is 5.11. The lowest BCUT2D eigenvalue weighted by Crippen LogP contribution is -2.29. The van der Waals surface area contributed by atoms with Gasteiger partial charge in [0.25, 0.3) is 0 Å². The lowest BCUT2D eigenvalue weighted by atomic mass is 10.1. The lowest BCUT2D eigenvalue weighted by Gasteiger charge is -2.23. The molecule has 14 heavy (non-hydrogen) atoms. The summed E-state index contributed by atoms with van der Waals surface area (Å²) in [5.74, 6) is 2.70. The highest BCUT2D eigenvalue weighted by Gasteiger charge is 2.24. The van der Waals surface area contributed by atoms with Crippen LogP contribution >= 0.6 is 0 Å². The average molecular weight is 185 g/mol. The first-order valence-electron chi connectivity index (χ1n) is 5.11. The van der Waals surface area contributed by atoms with E-state index in [1.54, 1.807) is 0 Å². The quantitative estimate of drug-likeness (QED) is 0.640. The average Bonchev–Trinajstić information content (AvgIpc) is 2.51. The van der Waals surface area contributed by atoms with Gasteiger partial charge in [0.1, 0.15) is 0 Å². The monoisotopic (exact) mass is 185 g/mol. The van der Waals surface area contributed by atoms with E-state index in [0.29, 0.717) is 6.04 Å². The van der Waals surface area contributed by atoms with Crippen LogP contribution in [-0.4, -0.2) is 12.6 Å². The summed E-state index contributed by atoms with van der Waals surface area (Å²) < 4.78 is 0. The van der Waals surface area contributed by atoms with Gasteiger partial charge in [0.15, 0.2) is 0 Å². The SMILES string of the molecule is C#CCCN1c2ccccc2CC1C. The van der Waals surface area contributed by atoms with Crippen LogP contribution in [0.5, 0.6) is 0 Å². The Labute approximate surface area is 85.7 Å². The number of hydrogen-bond acceptors (Lipinski definition) is 1. The summed E-state index contributed by atoms with van der Waals surface area (Å²) in [6, 6.07) is 9.20. The molecule has 1 aliphatic heterocycles. The Morgan fingerprint density at radius 2 is 2.29 bits per heavy atom. The number of rotatable bonds is 2. The molecule has 0 fully saturated rings. The third kappa shape index (κ3) is 1.48. The molecule has 1 heterocycles. The van der Waals surface area contributed by atoms with Crippen LogP contribution in [0.4, 0.5) is 5.69 Å². The van der Waals surface area contributed by atoms with Crippen LogP contribution in [-0.2, 0) is 6.42 Å².